The number of thiazole rings is 1. The van der Waals surface area contributed by atoms with Crippen molar-refractivity contribution in [3.63, 3.8) is 0 Å². The van der Waals surface area contributed by atoms with Gasteiger partial charge in [-0.05, 0) is 54.7 Å². The van der Waals surface area contributed by atoms with Gasteiger partial charge in [0.1, 0.15) is 11.6 Å². The summed E-state index contributed by atoms with van der Waals surface area (Å²) < 4.78 is 17.5. The fourth-order valence-electron chi connectivity index (χ4n) is 2.97. The van der Waals surface area contributed by atoms with Crippen LogP contribution in [-0.2, 0) is 13.1 Å². The molecule has 2 heterocycles. The molecule has 1 aliphatic heterocycles. The second-order valence-corrected chi connectivity index (χ2v) is 8.57. The van der Waals surface area contributed by atoms with E-state index in [2.05, 4.69) is 38.1 Å². The Balaban J connectivity index is 1.41. The Bertz CT molecular complexity index is 932. The zero-order valence-corrected chi connectivity index (χ0v) is 17.5. The summed E-state index contributed by atoms with van der Waals surface area (Å²) in [7, 11) is 0. The van der Waals surface area contributed by atoms with Crippen LogP contribution < -0.4 is 10.0 Å². The van der Waals surface area contributed by atoms with E-state index in [4.69, 9.17) is 11.6 Å². The first kappa shape index (κ1) is 19.5. The molecule has 2 aromatic carbocycles. The molecule has 146 valence electrons. The highest BCUT2D eigenvalue weighted by Crippen LogP contribution is 2.32. The molecular formula is C20H20ClFN4S2. The molecule has 8 heteroatoms. The first-order valence-corrected chi connectivity index (χ1v) is 11.2. The van der Waals surface area contributed by atoms with E-state index in [9.17, 15) is 4.39 Å². The van der Waals surface area contributed by atoms with Crippen LogP contribution in [0.25, 0.3) is 0 Å². The standard InChI is InChI=1S/C20H20ClFN4S2/c21-16-8-19(28-25-20-12-27-13-24-20)17(22)9-18(16)23-10-14-4-1-2-5-15(14)11-26-6-3-7-26/h1-2,4-5,8-9,12-13,23,25H,3,6-7,10-11H2. The third kappa shape index (κ3) is 4.78. The molecule has 0 radical (unpaired) electrons. The average Bonchev–Trinajstić information content (AvgIpc) is 3.18. The SMILES string of the molecule is Fc1cc(NCc2ccccc2CN2CCC2)c(Cl)cc1SNc1cscn1. The summed E-state index contributed by atoms with van der Waals surface area (Å²) in [5.41, 5.74) is 4.82. The quantitative estimate of drug-likeness (QED) is 0.434. The molecule has 28 heavy (non-hydrogen) atoms. The largest absolute Gasteiger partial charge is 0.380 e. The molecule has 4 rings (SSSR count). The Morgan fingerprint density at radius 3 is 2.75 bits per heavy atom. The van der Waals surface area contributed by atoms with Gasteiger partial charge in [-0.3, -0.25) is 4.90 Å². The van der Waals surface area contributed by atoms with Gasteiger partial charge < -0.3 is 10.0 Å². The molecule has 0 spiro atoms. The van der Waals surface area contributed by atoms with Crippen molar-refractivity contribution >= 4 is 46.4 Å². The summed E-state index contributed by atoms with van der Waals surface area (Å²) in [6, 6.07) is 11.4. The van der Waals surface area contributed by atoms with Crippen molar-refractivity contribution in [2.75, 3.05) is 23.1 Å². The predicted molar refractivity (Wildman–Crippen MR) is 117 cm³/mol. The highest BCUT2D eigenvalue weighted by atomic mass is 35.5. The number of hydrogen-bond donors (Lipinski definition) is 2. The van der Waals surface area contributed by atoms with Gasteiger partial charge in [-0.25, -0.2) is 9.37 Å². The third-order valence-corrected chi connectivity index (χ3v) is 6.39. The Hall–Kier alpha value is -1.80. The first-order valence-electron chi connectivity index (χ1n) is 9.02. The average molecular weight is 435 g/mol. The van der Waals surface area contributed by atoms with Gasteiger partial charge in [0, 0.05) is 18.5 Å². The smallest absolute Gasteiger partial charge is 0.147 e. The maximum atomic E-state index is 14.5. The van der Waals surface area contributed by atoms with Gasteiger partial charge in [0.25, 0.3) is 0 Å². The molecule has 1 saturated heterocycles. The predicted octanol–water partition coefficient (Wildman–Crippen LogP) is 5.87. The van der Waals surface area contributed by atoms with Crippen molar-refractivity contribution in [2.45, 2.75) is 24.4 Å². The maximum Gasteiger partial charge on any atom is 0.147 e. The third-order valence-electron chi connectivity index (χ3n) is 4.65. The number of nitrogens with one attached hydrogen (secondary N) is 2. The molecule has 0 amide bonds. The molecule has 0 atom stereocenters. The maximum absolute atomic E-state index is 14.5. The topological polar surface area (TPSA) is 40.2 Å². The Morgan fingerprint density at radius 1 is 1.21 bits per heavy atom. The minimum absolute atomic E-state index is 0.325. The number of rotatable bonds is 8. The van der Waals surface area contributed by atoms with Gasteiger partial charge >= 0.3 is 0 Å². The van der Waals surface area contributed by atoms with Gasteiger partial charge in [0.15, 0.2) is 0 Å². The van der Waals surface area contributed by atoms with Crippen molar-refractivity contribution in [1.82, 2.24) is 9.88 Å². The summed E-state index contributed by atoms with van der Waals surface area (Å²) >= 11 is 9.03. The van der Waals surface area contributed by atoms with E-state index in [-0.39, 0.29) is 5.82 Å². The lowest BCUT2D eigenvalue weighted by atomic mass is 10.1. The molecule has 0 unspecified atom stereocenters. The summed E-state index contributed by atoms with van der Waals surface area (Å²) in [6.07, 6.45) is 1.27. The van der Waals surface area contributed by atoms with Crippen molar-refractivity contribution < 1.29 is 4.39 Å². The lowest BCUT2D eigenvalue weighted by Gasteiger charge is -2.31. The molecule has 3 aromatic rings. The fraction of sp³-hybridized carbons (Fsp3) is 0.250. The molecule has 4 nitrogen and oxygen atoms in total. The number of benzene rings is 2. The van der Waals surface area contributed by atoms with Crippen molar-refractivity contribution in [3.05, 3.63) is 69.3 Å². The molecule has 0 aliphatic carbocycles. The molecular weight excluding hydrogens is 415 g/mol. The molecule has 0 saturated carbocycles. The highest BCUT2D eigenvalue weighted by Gasteiger charge is 2.16. The van der Waals surface area contributed by atoms with Crippen LogP contribution in [0, 0.1) is 5.82 Å². The number of hydrogen-bond acceptors (Lipinski definition) is 6. The lowest BCUT2D eigenvalue weighted by molar-refractivity contribution is 0.172. The Morgan fingerprint density at radius 2 is 2.04 bits per heavy atom. The zero-order chi connectivity index (χ0) is 19.3. The second kappa shape index (κ2) is 9.13. The van der Waals surface area contributed by atoms with Crippen LogP contribution in [0.5, 0.6) is 0 Å². The number of halogens is 2. The first-order chi connectivity index (χ1) is 13.7. The fourth-order valence-corrected chi connectivity index (χ4v) is 4.48. The lowest BCUT2D eigenvalue weighted by Crippen LogP contribution is -2.36. The van der Waals surface area contributed by atoms with Gasteiger partial charge in [-0.15, -0.1) is 11.3 Å². The summed E-state index contributed by atoms with van der Waals surface area (Å²) in [5, 5.41) is 5.64. The number of anilines is 2. The number of nitrogens with zero attached hydrogens (tertiary/aromatic N) is 2. The summed E-state index contributed by atoms with van der Waals surface area (Å²) in [6.45, 7) is 3.88. The van der Waals surface area contributed by atoms with E-state index in [1.54, 1.807) is 11.6 Å². The van der Waals surface area contributed by atoms with E-state index in [0.29, 0.717) is 28.0 Å². The molecule has 1 aliphatic rings. The van der Waals surface area contributed by atoms with Gasteiger partial charge in [-0.2, -0.15) is 0 Å². The summed E-state index contributed by atoms with van der Waals surface area (Å²) in [5.74, 6) is 0.375. The van der Waals surface area contributed by atoms with Crippen LogP contribution in [0.3, 0.4) is 0 Å². The van der Waals surface area contributed by atoms with E-state index >= 15 is 0 Å². The second-order valence-electron chi connectivity index (χ2n) is 6.59. The van der Waals surface area contributed by atoms with Crippen LogP contribution in [0.2, 0.25) is 5.02 Å². The molecule has 1 aromatic heterocycles. The Kier molecular flexibility index (Phi) is 6.36. The molecule has 2 N–H and O–H groups in total. The van der Waals surface area contributed by atoms with Crippen LogP contribution in [0.15, 0.2) is 52.2 Å². The molecule has 0 bridgehead atoms. The van der Waals surface area contributed by atoms with Crippen molar-refractivity contribution in [2.24, 2.45) is 0 Å². The van der Waals surface area contributed by atoms with Crippen molar-refractivity contribution in [3.8, 4) is 0 Å². The van der Waals surface area contributed by atoms with Crippen LogP contribution >= 0.6 is 34.9 Å². The van der Waals surface area contributed by atoms with Crippen LogP contribution in [0.1, 0.15) is 17.5 Å². The normalized spacial score (nSPS) is 13.9. The van der Waals surface area contributed by atoms with E-state index in [1.165, 1.54) is 35.0 Å². The summed E-state index contributed by atoms with van der Waals surface area (Å²) in [4.78, 5) is 6.97. The van der Waals surface area contributed by atoms with Crippen LogP contribution in [-0.4, -0.2) is 23.0 Å². The van der Waals surface area contributed by atoms with Gasteiger partial charge in [-0.1, -0.05) is 35.9 Å². The minimum atomic E-state index is -0.325. The van der Waals surface area contributed by atoms with E-state index in [0.717, 1.165) is 31.6 Å². The van der Waals surface area contributed by atoms with Gasteiger partial charge in [0.2, 0.25) is 0 Å². The highest BCUT2D eigenvalue weighted by molar-refractivity contribution is 8.00. The monoisotopic (exact) mass is 434 g/mol. The minimum Gasteiger partial charge on any atom is -0.380 e. The van der Waals surface area contributed by atoms with E-state index in [1.807, 2.05) is 11.4 Å². The van der Waals surface area contributed by atoms with Gasteiger partial charge in [0.05, 0.1) is 21.1 Å². The van der Waals surface area contributed by atoms with Crippen LogP contribution in [0.4, 0.5) is 15.9 Å². The number of aromatic nitrogens is 1. The Labute approximate surface area is 177 Å². The number of likely N-dealkylation sites (tertiary alicyclic amines) is 1. The molecule has 1 fully saturated rings. The van der Waals surface area contributed by atoms with E-state index < -0.39 is 0 Å². The zero-order valence-electron chi connectivity index (χ0n) is 15.1. The van der Waals surface area contributed by atoms with Crippen molar-refractivity contribution in [1.29, 1.82) is 0 Å².